The average molecular weight is 452 g/mol. The van der Waals surface area contributed by atoms with Gasteiger partial charge in [0.05, 0.1) is 23.6 Å². The van der Waals surface area contributed by atoms with Crippen molar-refractivity contribution in [2.75, 3.05) is 6.61 Å². The number of aliphatic hydroxyl groups excluding tert-OH is 2. The molecule has 0 aliphatic carbocycles. The van der Waals surface area contributed by atoms with Gasteiger partial charge >= 0.3 is 0 Å². The highest BCUT2D eigenvalue weighted by Gasteiger charge is 2.45. The van der Waals surface area contributed by atoms with Gasteiger partial charge in [-0.05, 0) is 36.7 Å². The number of nitrogens with zero attached hydrogens (tertiary/aromatic N) is 3. The van der Waals surface area contributed by atoms with E-state index in [9.17, 15) is 18.6 Å². The number of benzene rings is 2. The van der Waals surface area contributed by atoms with Crippen molar-refractivity contribution in [2.24, 2.45) is 5.11 Å². The van der Waals surface area contributed by atoms with E-state index >= 15 is 0 Å². The first kappa shape index (κ1) is 22.6. The summed E-state index contributed by atoms with van der Waals surface area (Å²) in [5, 5.41) is 24.5. The minimum absolute atomic E-state index is 0.0276. The zero-order valence-electron chi connectivity index (χ0n) is 16.0. The predicted octanol–water partition coefficient (Wildman–Crippen LogP) is 2.62. The van der Waals surface area contributed by atoms with Gasteiger partial charge in [-0.25, -0.2) is 0 Å². The van der Waals surface area contributed by atoms with Crippen LogP contribution in [0.1, 0.15) is 5.56 Å². The Kier molecular flexibility index (Phi) is 7.37. The molecule has 2 aromatic rings. The molecule has 0 saturated carbocycles. The van der Waals surface area contributed by atoms with Crippen molar-refractivity contribution in [3.05, 3.63) is 70.6 Å². The zero-order chi connectivity index (χ0) is 21.7. The van der Waals surface area contributed by atoms with Crippen LogP contribution in [0.5, 0.6) is 0 Å². The average Bonchev–Trinajstić information content (AvgIpc) is 2.73. The summed E-state index contributed by atoms with van der Waals surface area (Å²) in [6, 6.07) is 14.0. The van der Waals surface area contributed by atoms with E-state index in [0.717, 1.165) is 10.5 Å². The third-order valence-corrected chi connectivity index (χ3v) is 7.01. The van der Waals surface area contributed by atoms with Gasteiger partial charge in [0.1, 0.15) is 17.6 Å². The molecule has 0 aromatic heterocycles. The number of hydrogen-bond donors (Lipinski definition) is 2. The van der Waals surface area contributed by atoms with Crippen LogP contribution >= 0.6 is 11.8 Å². The standard InChI is InChI=1S/C19H21N3O6S2/c1-12-7-9-14(10-8-12)30(25,26)27-11-15-17(23)16(21-22-20)18(24)19(28-15)29-13-5-3-2-4-6-13/h2-10,15-19,23-24H,11H2,1H3/t15-,16+,17-,18-,19+/m1/s1. The van der Waals surface area contributed by atoms with Gasteiger partial charge in [-0.15, -0.1) is 0 Å². The van der Waals surface area contributed by atoms with Crippen molar-refractivity contribution in [3.8, 4) is 0 Å². The molecular formula is C19H21N3O6S2. The fourth-order valence-electron chi connectivity index (χ4n) is 2.91. The van der Waals surface area contributed by atoms with Gasteiger partial charge < -0.3 is 14.9 Å². The maximum absolute atomic E-state index is 12.4. The van der Waals surface area contributed by atoms with Gasteiger partial charge in [-0.2, -0.15) is 8.42 Å². The lowest BCUT2D eigenvalue weighted by atomic mass is 9.98. The monoisotopic (exact) mass is 451 g/mol. The van der Waals surface area contributed by atoms with E-state index in [-0.39, 0.29) is 4.90 Å². The second kappa shape index (κ2) is 9.80. The Labute approximate surface area is 178 Å². The number of thioether (sulfide) groups is 1. The number of azide groups is 1. The normalized spacial score (nSPS) is 26.7. The van der Waals surface area contributed by atoms with Crippen molar-refractivity contribution in [1.29, 1.82) is 0 Å². The first-order chi connectivity index (χ1) is 14.3. The van der Waals surface area contributed by atoms with Crippen LogP contribution in [0.15, 0.2) is 69.5 Å². The van der Waals surface area contributed by atoms with Crippen molar-refractivity contribution in [3.63, 3.8) is 0 Å². The van der Waals surface area contributed by atoms with Crippen LogP contribution in [0, 0.1) is 6.92 Å². The lowest BCUT2D eigenvalue weighted by Crippen LogP contribution is -2.57. The molecule has 1 heterocycles. The summed E-state index contributed by atoms with van der Waals surface area (Å²) in [7, 11) is -4.08. The van der Waals surface area contributed by atoms with E-state index in [1.165, 1.54) is 23.9 Å². The van der Waals surface area contributed by atoms with Gasteiger partial charge in [0.2, 0.25) is 0 Å². The van der Waals surface area contributed by atoms with E-state index in [4.69, 9.17) is 14.5 Å². The van der Waals surface area contributed by atoms with Crippen molar-refractivity contribution >= 4 is 21.9 Å². The summed E-state index contributed by atoms with van der Waals surface area (Å²) in [5.41, 5.74) is 8.80. The van der Waals surface area contributed by atoms with E-state index in [0.29, 0.717) is 0 Å². The fraction of sp³-hybridized carbons (Fsp3) is 0.368. The molecule has 1 aliphatic rings. The first-order valence-electron chi connectivity index (χ1n) is 9.05. The summed E-state index contributed by atoms with van der Waals surface area (Å²) < 4.78 is 35.7. The molecule has 0 amide bonds. The van der Waals surface area contributed by atoms with Gasteiger partial charge in [-0.1, -0.05) is 52.8 Å². The Balaban J connectivity index is 1.76. The Morgan fingerprint density at radius 2 is 1.80 bits per heavy atom. The summed E-state index contributed by atoms with van der Waals surface area (Å²) in [4.78, 5) is 3.44. The largest absolute Gasteiger partial charge is 0.390 e. The van der Waals surface area contributed by atoms with Crippen LogP contribution in [0.25, 0.3) is 10.4 Å². The Bertz CT molecular complexity index is 997. The SMILES string of the molecule is Cc1ccc(S(=O)(=O)OC[C@H]2O[C@@H](Sc3ccccc3)[C@H](O)[C@@H](N=[N+]=[N-])[C@@H]2O)cc1. The molecule has 0 spiro atoms. The molecule has 5 atom stereocenters. The quantitative estimate of drug-likeness (QED) is 0.285. The van der Waals surface area contributed by atoms with Gasteiger partial charge in [-0.3, -0.25) is 4.18 Å². The van der Waals surface area contributed by atoms with E-state index in [1.807, 2.05) is 37.3 Å². The molecule has 2 N–H and O–H groups in total. The smallest absolute Gasteiger partial charge is 0.297 e. The molecule has 30 heavy (non-hydrogen) atoms. The fourth-order valence-corrected chi connectivity index (χ4v) is 4.91. The van der Waals surface area contributed by atoms with Crippen LogP contribution in [0.2, 0.25) is 0 Å². The van der Waals surface area contributed by atoms with Crippen LogP contribution in [0.3, 0.4) is 0 Å². The summed E-state index contributed by atoms with van der Waals surface area (Å²) in [6.07, 6.45) is -3.88. The molecule has 9 nitrogen and oxygen atoms in total. The van der Waals surface area contributed by atoms with Crippen molar-refractivity contribution in [2.45, 2.75) is 46.5 Å². The molecule has 11 heteroatoms. The number of ether oxygens (including phenoxy) is 1. The molecule has 0 radical (unpaired) electrons. The highest BCUT2D eigenvalue weighted by molar-refractivity contribution is 7.99. The lowest BCUT2D eigenvalue weighted by molar-refractivity contribution is -0.156. The van der Waals surface area contributed by atoms with Crippen molar-refractivity contribution < 1.29 is 27.6 Å². The topological polar surface area (TPSA) is 142 Å². The second-order valence-electron chi connectivity index (χ2n) is 6.70. The highest BCUT2D eigenvalue weighted by atomic mass is 32.2. The third kappa shape index (κ3) is 5.32. The van der Waals surface area contributed by atoms with E-state index in [2.05, 4.69) is 10.0 Å². The van der Waals surface area contributed by atoms with Crippen LogP contribution in [0.4, 0.5) is 0 Å². The van der Waals surface area contributed by atoms with E-state index in [1.54, 1.807) is 12.1 Å². The van der Waals surface area contributed by atoms with E-state index < -0.39 is 46.5 Å². The molecule has 1 fully saturated rings. The van der Waals surface area contributed by atoms with Crippen LogP contribution in [-0.2, 0) is 19.0 Å². The summed E-state index contributed by atoms with van der Waals surface area (Å²) >= 11 is 1.17. The summed E-state index contributed by atoms with van der Waals surface area (Å²) in [5.74, 6) is 0. The number of hydrogen-bond acceptors (Lipinski definition) is 8. The predicted molar refractivity (Wildman–Crippen MR) is 110 cm³/mol. The second-order valence-corrected chi connectivity index (χ2v) is 9.49. The molecule has 0 bridgehead atoms. The van der Waals surface area contributed by atoms with Gasteiger partial charge in [0, 0.05) is 9.81 Å². The molecule has 0 unspecified atom stereocenters. The Hall–Kier alpha value is -2.11. The molecule has 3 rings (SSSR count). The number of aliphatic hydroxyl groups is 2. The lowest BCUT2D eigenvalue weighted by Gasteiger charge is -2.40. The Morgan fingerprint density at radius 1 is 1.13 bits per heavy atom. The minimum Gasteiger partial charge on any atom is -0.390 e. The zero-order valence-corrected chi connectivity index (χ0v) is 17.6. The molecule has 160 valence electrons. The number of rotatable bonds is 7. The Morgan fingerprint density at radius 3 is 2.43 bits per heavy atom. The maximum atomic E-state index is 12.4. The van der Waals surface area contributed by atoms with Crippen LogP contribution < -0.4 is 0 Å². The van der Waals surface area contributed by atoms with Gasteiger partial charge in [0.15, 0.2) is 0 Å². The molecule has 1 saturated heterocycles. The summed E-state index contributed by atoms with van der Waals surface area (Å²) in [6.45, 7) is 1.32. The third-order valence-electron chi connectivity index (χ3n) is 4.55. The molecule has 2 aromatic carbocycles. The maximum Gasteiger partial charge on any atom is 0.297 e. The van der Waals surface area contributed by atoms with Crippen LogP contribution in [-0.4, -0.2) is 55.0 Å². The molecule has 1 aliphatic heterocycles. The minimum atomic E-state index is -4.08. The highest BCUT2D eigenvalue weighted by Crippen LogP contribution is 2.34. The molecular weight excluding hydrogens is 430 g/mol. The van der Waals surface area contributed by atoms with Gasteiger partial charge in [0.25, 0.3) is 10.1 Å². The van der Waals surface area contributed by atoms with Crippen molar-refractivity contribution in [1.82, 2.24) is 0 Å². The first-order valence-corrected chi connectivity index (χ1v) is 11.3. The number of aryl methyl sites for hydroxylation is 1.